The van der Waals surface area contributed by atoms with E-state index in [1.54, 1.807) is 12.1 Å². The molecule has 0 aliphatic carbocycles. The Kier molecular flexibility index (Phi) is 4.26. The van der Waals surface area contributed by atoms with Crippen LogP contribution in [-0.2, 0) is 11.2 Å². The van der Waals surface area contributed by atoms with E-state index in [1.807, 2.05) is 37.3 Å². The van der Waals surface area contributed by atoms with Crippen LogP contribution >= 0.6 is 0 Å². The summed E-state index contributed by atoms with van der Waals surface area (Å²) in [4.78, 5) is 21.5. The summed E-state index contributed by atoms with van der Waals surface area (Å²) in [6.07, 6.45) is 0.763. The second-order valence-electron chi connectivity index (χ2n) is 6.37. The third-order valence-corrected chi connectivity index (χ3v) is 4.55. The number of nitrogens with two attached hydrogens (primary N) is 1. The molecule has 0 unspecified atom stereocenters. The summed E-state index contributed by atoms with van der Waals surface area (Å²) in [5, 5.41) is 3.91. The largest absolute Gasteiger partial charge is 0.384 e. The van der Waals surface area contributed by atoms with Crippen LogP contribution in [0.1, 0.15) is 23.1 Å². The molecule has 1 fully saturated rings. The standard InChI is InChI=1S/C20H20N4O2/c1-2-16-14(7-9-18(21)23-16)15-5-3-4-12-6-8-17(24-19(12)15)20(25)22-13-10-26-11-13/h3-9,13H,2,10-11H2,1H3,(H2,21,23)(H,22,25). The molecule has 3 N–H and O–H groups in total. The van der Waals surface area contributed by atoms with Gasteiger partial charge in [0.2, 0.25) is 0 Å². The number of carbonyl (C=O) groups excluding carboxylic acids is 1. The van der Waals surface area contributed by atoms with E-state index in [2.05, 4.69) is 15.3 Å². The van der Waals surface area contributed by atoms with Crippen molar-refractivity contribution >= 4 is 22.6 Å². The summed E-state index contributed by atoms with van der Waals surface area (Å²) in [6, 6.07) is 13.5. The molecule has 0 atom stereocenters. The van der Waals surface area contributed by atoms with Crippen molar-refractivity contribution < 1.29 is 9.53 Å². The van der Waals surface area contributed by atoms with Crippen molar-refractivity contribution in [1.82, 2.24) is 15.3 Å². The number of fused-ring (bicyclic) bond motifs is 1. The Labute approximate surface area is 151 Å². The molecule has 4 rings (SSSR count). The molecule has 6 nitrogen and oxygen atoms in total. The lowest BCUT2D eigenvalue weighted by Gasteiger charge is -2.26. The molecule has 3 heterocycles. The minimum Gasteiger partial charge on any atom is -0.384 e. The molecule has 26 heavy (non-hydrogen) atoms. The lowest BCUT2D eigenvalue weighted by Crippen LogP contribution is -2.48. The predicted molar refractivity (Wildman–Crippen MR) is 101 cm³/mol. The maximum atomic E-state index is 12.4. The molecule has 0 bridgehead atoms. The molecule has 3 aromatic rings. The number of nitrogens with zero attached hydrogens (tertiary/aromatic N) is 2. The Morgan fingerprint density at radius 3 is 2.73 bits per heavy atom. The van der Waals surface area contributed by atoms with Gasteiger partial charge in [-0.2, -0.15) is 0 Å². The van der Waals surface area contributed by atoms with Crippen molar-refractivity contribution in [3.63, 3.8) is 0 Å². The van der Waals surface area contributed by atoms with Crippen LogP contribution < -0.4 is 11.1 Å². The summed E-state index contributed by atoms with van der Waals surface area (Å²) in [7, 11) is 0. The van der Waals surface area contributed by atoms with Gasteiger partial charge >= 0.3 is 0 Å². The zero-order chi connectivity index (χ0) is 18.1. The van der Waals surface area contributed by atoms with Gasteiger partial charge in [0.05, 0.1) is 30.5 Å². The number of pyridine rings is 2. The highest BCUT2D eigenvalue weighted by molar-refractivity contribution is 5.99. The van der Waals surface area contributed by atoms with Crippen LogP contribution in [0.5, 0.6) is 0 Å². The van der Waals surface area contributed by atoms with Crippen LogP contribution in [-0.4, -0.2) is 35.1 Å². The molecule has 1 aromatic carbocycles. The van der Waals surface area contributed by atoms with Gasteiger partial charge < -0.3 is 15.8 Å². The first-order valence-electron chi connectivity index (χ1n) is 8.70. The number of carbonyl (C=O) groups is 1. The molecule has 132 valence electrons. The number of nitrogen functional groups attached to an aromatic ring is 1. The minimum atomic E-state index is -0.179. The molecular formula is C20H20N4O2. The van der Waals surface area contributed by atoms with E-state index in [0.717, 1.165) is 34.1 Å². The molecular weight excluding hydrogens is 328 g/mol. The second-order valence-corrected chi connectivity index (χ2v) is 6.37. The number of hydrogen-bond donors (Lipinski definition) is 2. The Morgan fingerprint density at radius 2 is 2.00 bits per heavy atom. The van der Waals surface area contributed by atoms with Gasteiger partial charge in [0.25, 0.3) is 5.91 Å². The van der Waals surface area contributed by atoms with E-state index in [-0.39, 0.29) is 11.9 Å². The SMILES string of the molecule is CCc1nc(N)ccc1-c1cccc2ccc(C(=O)NC3COC3)nc12. The number of amides is 1. The first kappa shape index (κ1) is 16.5. The van der Waals surface area contributed by atoms with Crippen molar-refractivity contribution in [3.05, 3.63) is 53.9 Å². The van der Waals surface area contributed by atoms with Crippen LogP contribution in [0.2, 0.25) is 0 Å². The number of hydrogen-bond acceptors (Lipinski definition) is 5. The molecule has 0 saturated carbocycles. The lowest BCUT2D eigenvalue weighted by atomic mass is 9.99. The number of ether oxygens (including phenoxy) is 1. The van der Waals surface area contributed by atoms with E-state index < -0.39 is 0 Å². The number of anilines is 1. The van der Waals surface area contributed by atoms with Gasteiger partial charge in [0, 0.05) is 16.5 Å². The van der Waals surface area contributed by atoms with Crippen molar-refractivity contribution in [1.29, 1.82) is 0 Å². The molecule has 1 saturated heterocycles. The van der Waals surface area contributed by atoms with Gasteiger partial charge in [-0.3, -0.25) is 4.79 Å². The zero-order valence-corrected chi connectivity index (χ0v) is 14.5. The van der Waals surface area contributed by atoms with Crippen LogP contribution in [0.4, 0.5) is 5.82 Å². The smallest absolute Gasteiger partial charge is 0.270 e. The first-order valence-corrected chi connectivity index (χ1v) is 8.70. The predicted octanol–water partition coefficient (Wildman–Crippen LogP) is 2.57. The normalized spacial score (nSPS) is 14.2. The number of rotatable bonds is 4. The Balaban J connectivity index is 1.80. The van der Waals surface area contributed by atoms with E-state index in [4.69, 9.17) is 10.5 Å². The Morgan fingerprint density at radius 1 is 1.15 bits per heavy atom. The number of benzene rings is 1. The third kappa shape index (κ3) is 2.99. The average molecular weight is 348 g/mol. The fourth-order valence-electron chi connectivity index (χ4n) is 3.10. The van der Waals surface area contributed by atoms with Crippen molar-refractivity contribution in [2.75, 3.05) is 18.9 Å². The van der Waals surface area contributed by atoms with Gasteiger partial charge in [0.1, 0.15) is 11.5 Å². The highest BCUT2D eigenvalue weighted by Gasteiger charge is 2.22. The molecule has 6 heteroatoms. The van der Waals surface area contributed by atoms with Gasteiger partial charge in [-0.05, 0) is 24.6 Å². The summed E-state index contributed by atoms with van der Waals surface area (Å²) < 4.78 is 5.10. The van der Waals surface area contributed by atoms with Gasteiger partial charge in [-0.1, -0.05) is 31.2 Å². The van der Waals surface area contributed by atoms with Gasteiger partial charge in [-0.25, -0.2) is 9.97 Å². The van der Waals surface area contributed by atoms with Crippen LogP contribution in [0, 0.1) is 0 Å². The Hall–Kier alpha value is -2.99. The van der Waals surface area contributed by atoms with E-state index in [0.29, 0.717) is 24.7 Å². The molecule has 0 radical (unpaired) electrons. The zero-order valence-electron chi connectivity index (χ0n) is 14.5. The second kappa shape index (κ2) is 6.72. The summed E-state index contributed by atoms with van der Waals surface area (Å²) >= 11 is 0. The van der Waals surface area contributed by atoms with Crippen LogP contribution in [0.25, 0.3) is 22.0 Å². The van der Waals surface area contributed by atoms with Crippen LogP contribution in [0.3, 0.4) is 0 Å². The van der Waals surface area contributed by atoms with Gasteiger partial charge in [0.15, 0.2) is 0 Å². The molecule has 1 aliphatic rings. The fraction of sp³-hybridized carbons (Fsp3) is 0.250. The van der Waals surface area contributed by atoms with E-state index in [1.165, 1.54) is 0 Å². The summed E-state index contributed by atoms with van der Waals surface area (Å²) in [5.41, 5.74) is 9.88. The quantitative estimate of drug-likeness (QED) is 0.756. The van der Waals surface area contributed by atoms with E-state index >= 15 is 0 Å². The summed E-state index contributed by atoms with van der Waals surface area (Å²) in [5.74, 6) is 0.322. The fourth-order valence-corrected chi connectivity index (χ4v) is 3.10. The summed E-state index contributed by atoms with van der Waals surface area (Å²) in [6.45, 7) is 3.16. The number of aryl methyl sites for hydroxylation is 1. The van der Waals surface area contributed by atoms with Crippen LogP contribution in [0.15, 0.2) is 42.5 Å². The molecule has 0 spiro atoms. The number of aromatic nitrogens is 2. The highest BCUT2D eigenvalue weighted by Crippen LogP contribution is 2.30. The lowest BCUT2D eigenvalue weighted by molar-refractivity contribution is -0.00354. The molecule has 1 amide bonds. The monoisotopic (exact) mass is 348 g/mol. The van der Waals surface area contributed by atoms with Crippen molar-refractivity contribution in [2.45, 2.75) is 19.4 Å². The first-order chi connectivity index (χ1) is 12.7. The highest BCUT2D eigenvalue weighted by atomic mass is 16.5. The average Bonchev–Trinajstić information content (AvgIpc) is 2.63. The maximum Gasteiger partial charge on any atom is 0.270 e. The number of nitrogens with one attached hydrogen (secondary N) is 1. The third-order valence-electron chi connectivity index (χ3n) is 4.55. The van der Waals surface area contributed by atoms with Crippen molar-refractivity contribution in [3.8, 4) is 11.1 Å². The topological polar surface area (TPSA) is 90.1 Å². The Bertz CT molecular complexity index is 983. The number of para-hydroxylation sites is 1. The molecule has 2 aromatic heterocycles. The van der Waals surface area contributed by atoms with Crippen molar-refractivity contribution in [2.24, 2.45) is 0 Å². The maximum absolute atomic E-state index is 12.4. The van der Waals surface area contributed by atoms with Gasteiger partial charge in [-0.15, -0.1) is 0 Å². The molecule has 1 aliphatic heterocycles. The van der Waals surface area contributed by atoms with E-state index in [9.17, 15) is 4.79 Å². The minimum absolute atomic E-state index is 0.0724.